The van der Waals surface area contributed by atoms with Crippen molar-refractivity contribution in [1.82, 2.24) is 30.7 Å². The van der Waals surface area contributed by atoms with Crippen LogP contribution in [0.1, 0.15) is 129 Å². The topological polar surface area (TPSA) is 266 Å². The molecule has 9 rings (SSSR count). The summed E-state index contributed by atoms with van der Waals surface area (Å²) in [5.74, 6) is -4.73. The minimum atomic E-state index is -2.00. The number of fused-ring (bicyclic) bond motifs is 5. The number of imide groups is 1. The molecule has 5 aliphatic rings. The molecule has 2 aliphatic carbocycles. The Bertz CT molecular complexity index is 3240. The van der Waals surface area contributed by atoms with Gasteiger partial charge >= 0.3 is 5.97 Å². The summed E-state index contributed by atoms with van der Waals surface area (Å²) in [4.78, 5) is 131. The Labute approximate surface area is 455 Å². The number of benzene rings is 3. The molecule has 4 aromatic rings. The SMILES string of the molecule is CC[C@@]1(O)C(=O)OCc2c1cc1n(c2=O)Cc2c-1cc1cc(F)c(C)c3c1c2[C@@H](CC(=O)C1(COCNC(=O)CNC(=O)[C@H](Cc2ccccc2)NC(=O)CCC(=O)CNC(=O)CCCCCN2C(=O)C=CC2=O)CCC1)CC3. The summed E-state index contributed by atoms with van der Waals surface area (Å²) in [6.45, 7) is 2.62. The lowest BCUT2D eigenvalue weighted by molar-refractivity contribution is -0.172. The molecule has 0 unspecified atom stereocenters. The van der Waals surface area contributed by atoms with Crippen LogP contribution in [-0.4, -0.2) is 107 Å². The van der Waals surface area contributed by atoms with Crippen LogP contribution in [0.15, 0.2) is 65.5 Å². The maximum Gasteiger partial charge on any atom is 0.343 e. The van der Waals surface area contributed by atoms with E-state index in [0.29, 0.717) is 67.2 Å². The molecule has 3 aromatic carbocycles. The van der Waals surface area contributed by atoms with Gasteiger partial charge in [-0.15, -0.1) is 0 Å². The van der Waals surface area contributed by atoms with Crippen LogP contribution in [0.2, 0.25) is 0 Å². The normalized spacial score (nSPS) is 18.7. The molecule has 1 saturated carbocycles. The third-order valence-corrected chi connectivity index (χ3v) is 16.4. The molecule has 1 fully saturated rings. The molecule has 0 bridgehead atoms. The van der Waals surface area contributed by atoms with E-state index in [-0.39, 0.29) is 130 Å². The molecular formula is C59H65FN6O13. The van der Waals surface area contributed by atoms with Gasteiger partial charge in [0.2, 0.25) is 23.6 Å². The number of ketones is 2. The van der Waals surface area contributed by atoms with Crippen molar-refractivity contribution < 1.29 is 62.1 Å². The number of amides is 6. The molecular weight excluding hydrogens is 1020 g/mol. The van der Waals surface area contributed by atoms with Gasteiger partial charge in [0.15, 0.2) is 11.4 Å². The monoisotopic (exact) mass is 1080 g/mol. The van der Waals surface area contributed by atoms with E-state index in [1.807, 2.05) is 6.07 Å². The molecule has 19 nitrogen and oxygen atoms in total. The molecule has 79 heavy (non-hydrogen) atoms. The first-order valence-electron chi connectivity index (χ1n) is 27.2. The van der Waals surface area contributed by atoms with E-state index in [1.54, 1.807) is 54.8 Å². The number of esters is 1. The zero-order chi connectivity index (χ0) is 56.2. The Kier molecular flexibility index (Phi) is 16.8. The van der Waals surface area contributed by atoms with Crippen molar-refractivity contribution in [2.45, 2.75) is 134 Å². The van der Waals surface area contributed by atoms with Gasteiger partial charge in [0.1, 0.15) is 31.0 Å². The van der Waals surface area contributed by atoms with Gasteiger partial charge in [0, 0.05) is 61.9 Å². The van der Waals surface area contributed by atoms with Gasteiger partial charge in [-0.25, -0.2) is 9.18 Å². The molecule has 0 radical (unpaired) electrons. The number of aliphatic hydroxyl groups is 1. The van der Waals surface area contributed by atoms with Crippen molar-refractivity contribution in [2.75, 3.05) is 33.0 Å². The number of nitrogens with one attached hydrogen (secondary N) is 4. The van der Waals surface area contributed by atoms with E-state index in [0.717, 1.165) is 39.0 Å². The summed E-state index contributed by atoms with van der Waals surface area (Å²) in [7, 11) is 0. The van der Waals surface area contributed by atoms with Crippen LogP contribution < -0.4 is 26.8 Å². The number of rotatable bonds is 25. The minimum absolute atomic E-state index is 0.00351. The predicted octanol–water partition coefficient (Wildman–Crippen LogP) is 4.18. The van der Waals surface area contributed by atoms with Crippen LogP contribution in [0.5, 0.6) is 0 Å². The number of Topliss-reactive ketones (excluding diaryl/α,β-unsaturated/α-hetero) is 2. The number of nitrogens with zero attached hydrogens (tertiary/aromatic N) is 2. The van der Waals surface area contributed by atoms with Gasteiger partial charge in [0.05, 0.1) is 42.9 Å². The Balaban J connectivity index is 0.761. The average molecular weight is 1090 g/mol. The van der Waals surface area contributed by atoms with Gasteiger partial charge in [-0.1, -0.05) is 50.1 Å². The first kappa shape index (κ1) is 56.0. The molecule has 6 amide bonds. The lowest BCUT2D eigenvalue weighted by Gasteiger charge is -2.41. The predicted molar refractivity (Wildman–Crippen MR) is 284 cm³/mol. The van der Waals surface area contributed by atoms with Crippen LogP contribution in [-0.2, 0) is 84.2 Å². The van der Waals surface area contributed by atoms with E-state index >= 15 is 4.39 Å². The standard InChI is InChI=1S/C59H65FN6O13/c1-3-59(77)43-27-46-40-24-37-25-44(60)34(2)39-16-14-36(53(54(37)39)41(40)30-66(46)56(75)42(43)31-79-57(59)76)26-47(68)58(20-10-21-58)32-78-33-63-50(71)29-62-55(74)45(23-35-11-6-4-7-12-35)64-49(70)17-15-38(67)28-61-48(69)13-8-5-9-22-65-51(72)18-19-52(65)73/h4,6-7,11-12,18-19,24-25,27,36,45,77H,3,5,8-10,13-17,20-23,26,28-33H2,1-2H3,(H,61,69)(H,62,74)(H,63,71)(H,64,70)/t36-,45+,59+/m1/s1. The fourth-order valence-electron chi connectivity index (χ4n) is 11.7. The number of aromatic nitrogens is 1. The third kappa shape index (κ3) is 11.7. The Morgan fingerprint density at radius 1 is 0.861 bits per heavy atom. The number of pyridine rings is 1. The lowest BCUT2D eigenvalue weighted by atomic mass is 9.63. The second kappa shape index (κ2) is 23.7. The quantitative estimate of drug-likeness (QED) is 0.0238. The van der Waals surface area contributed by atoms with Gasteiger partial charge in [-0.05, 0) is 115 Å². The second-order valence-electron chi connectivity index (χ2n) is 21.4. The van der Waals surface area contributed by atoms with Crippen molar-refractivity contribution in [2.24, 2.45) is 5.41 Å². The highest BCUT2D eigenvalue weighted by Gasteiger charge is 2.47. The van der Waals surface area contributed by atoms with E-state index in [4.69, 9.17) is 9.47 Å². The van der Waals surface area contributed by atoms with Gasteiger partial charge in [-0.2, -0.15) is 0 Å². The van der Waals surface area contributed by atoms with Crippen LogP contribution >= 0.6 is 0 Å². The van der Waals surface area contributed by atoms with E-state index < -0.39 is 53.1 Å². The van der Waals surface area contributed by atoms with Crippen LogP contribution in [0.25, 0.3) is 22.0 Å². The van der Waals surface area contributed by atoms with E-state index in [1.165, 1.54) is 18.2 Å². The number of hydrogen-bond acceptors (Lipinski definition) is 13. The molecule has 20 heteroatoms. The minimum Gasteiger partial charge on any atom is -0.458 e. The van der Waals surface area contributed by atoms with Crippen molar-refractivity contribution in [3.8, 4) is 11.3 Å². The number of aryl methyl sites for hydroxylation is 1. The van der Waals surface area contributed by atoms with Crippen LogP contribution in [0.3, 0.4) is 0 Å². The third-order valence-electron chi connectivity index (χ3n) is 16.4. The number of carbonyl (C=O) groups is 9. The number of hydrogen-bond donors (Lipinski definition) is 5. The molecule has 0 saturated heterocycles. The summed E-state index contributed by atoms with van der Waals surface area (Å²) < 4.78 is 28.4. The summed E-state index contributed by atoms with van der Waals surface area (Å²) in [6, 6.07) is 12.9. The summed E-state index contributed by atoms with van der Waals surface area (Å²) >= 11 is 0. The largest absolute Gasteiger partial charge is 0.458 e. The highest BCUT2D eigenvalue weighted by molar-refractivity contribution is 6.12. The Morgan fingerprint density at radius 3 is 2.34 bits per heavy atom. The van der Waals surface area contributed by atoms with Gasteiger partial charge in [-0.3, -0.25) is 48.1 Å². The zero-order valence-electron chi connectivity index (χ0n) is 44.4. The van der Waals surface area contributed by atoms with Crippen molar-refractivity contribution in [3.63, 3.8) is 0 Å². The highest BCUT2D eigenvalue weighted by atomic mass is 19.1. The Hall–Kier alpha value is -7.71. The number of cyclic esters (lactones) is 1. The smallest absolute Gasteiger partial charge is 0.343 e. The molecule has 3 atom stereocenters. The fourth-order valence-corrected chi connectivity index (χ4v) is 11.7. The number of carbonyl (C=O) groups excluding carboxylic acids is 9. The summed E-state index contributed by atoms with van der Waals surface area (Å²) in [5, 5.41) is 23.4. The summed E-state index contributed by atoms with van der Waals surface area (Å²) in [6.07, 6.45) is 7.05. The first-order valence-corrected chi connectivity index (χ1v) is 27.2. The van der Waals surface area contributed by atoms with Crippen molar-refractivity contribution in [3.05, 3.63) is 116 Å². The maximum absolute atomic E-state index is 15.6. The lowest BCUT2D eigenvalue weighted by Crippen LogP contribution is -2.50. The Morgan fingerprint density at radius 2 is 1.62 bits per heavy atom. The molecule has 4 heterocycles. The molecule has 1 aromatic heterocycles. The zero-order valence-corrected chi connectivity index (χ0v) is 44.4. The number of halogens is 1. The van der Waals surface area contributed by atoms with Gasteiger partial charge < -0.3 is 40.4 Å². The number of unbranched alkanes of at least 4 members (excludes halogenated alkanes) is 2. The van der Waals surface area contributed by atoms with E-state index in [9.17, 15) is 53.1 Å². The molecule has 416 valence electrons. The molecule has 3 aliphatic heterocycles. The summed E-state index contributed by atoms with van der Waals surface area (Å²) in [5.41, 5.74) is 2.24. The van der Waals surface area contributed by atoms with Crippen LogP contribution in [0, 0.1) is 18.2 Å². The van der Waals surface area contributed by atoms with E-state index in [2.05, 4.69) is 21.3 Å². The fraction of sp³-hybridized carbons (Fsp3) is 0.458. The average Bonchev–Trinajstić information content (AvgIpc) is 3.78. The first-order chi connectivity index (χ1) is 37.9. The number of ether oxygens (including phenoxy) is 2. The molecule has 5 N–H and O–H groups in total. The molecule has 0 spiro atoms. The van der Waals surface area contributed by atoms with Crippen molar-refractivity contribution in [1.29, 1.82) is 0 Å². The van der Waals surface area contributed by atoms with Gasteiger partial charge in [0.25, 0.3) is 17.4 Å². The van der Waals surface area contributed by atoms with Crippen molar-refractivity contribution >= 4 is 63.8 Å². The second-order valence-corrected chi connectivity index (χ2v) is 21.4. The van der Waals surface area contributed by atoms with Crippen LogP contribution in [0.4, 0.5) is 4.39 Å². The maximum atomic E-state index is 15.6. The highest BCUT2D eigenvalue weighted by Crippen LogP contribution is 2.51.